The molecule has 6 nitrogen and oxygen atoms in total. The van der Waals surface area contributed by atoms with Crippen molar-refractivity contribution in [1.29, 1.82) is 0 Å². The lowest BCUT2D eigenvalue weighted by Crippen LogP contribution is -2.37. The van der Waals surface area contributed by atoms with Gasteiger partial charge in [-0.05, 0) is 36.7 Å². The van der Waals surface area contributed by atoms with Gasteiger partial charge in [0.2, 0.25) is 5.91 Å². The van der Waals surface area contributed by atoms with E-state index in [1.165, 1.54) is 24.3 Å². The zero-order chi connectivity index (χ0) is 18.0. The maximum Gasteiger partial charge on any atom is 0.271 e. The number of fused-ring (bicyclic) bond motifs is 1. The number of hydrogen-bond acceptors (Lipinski definition) is 4. The molecule has 1 aliphatic rings. The predicted molar refractivity (Wildman–Crippen MR) is 91.9 cm³/mol. The smallest absolute Gasteiger partial charge is 0.271 e. The monoisotopic (exact) mass is 343 g/mol. The molecule has 1 heterocycles. The molecule has 0 radical (unpaired) electrons. The number of likely N-dealkylation sites (N-methyl/N-ethyl adjacent to an activating group) is 1. The number of non-ortho nitro benzene ring substituents is 1. The Morgan fingerprint density at radius 3 is 2.84 bits per heavy atom. The van der Waals surface area contributed by atoms with Crippen LogP contribution in [0.1, 0.15) is 11.1 Å². The molecule has 25 heavy (non-hydrogen) atoms. The van der Waals surface area contributed by atoms with Crippen LogP contribution in [0.15, 0.2) is 42.5 Å². The molecule has 0 N–H and O–H groups in total. The zero-order valence-electron chi connectivity index (χ0n) is 13.8. The highest BCUT2D eigenvalue weighted by molar-refractivity contribution is 5.97. The number of anilines is 1. The van der Waals surface area contributed by atoms with E-state index in [-0.39, 0.29) is 24.0 Å². The van der Waals surface area contributed by atoms with E-state index in [0.29, 0.717) is 25.2 Å². The third-order valence-corrected chi connectivity index (χ3v) is 4.22. The minimum absolute atomic E-state index is 0.0217. The highest BCUT2D eigenvalue weighted by atomic mass is 19.1. The van der Waals surface area contributed by atoms with Crippen LogP contribution in [-0.2, 0) is 17.8 Å². The van der Waals surface area contributed by atoms with Crippen LogP contribution in [0.5, 0.6) is 0 Å². The molecule has 0 unspecified atom stereocenters. The van der Waals surface area contributed by atoms with Crippen molar-refractivity contribution in [3.8, 4) is 0 Å². The summed E-state index contributed by atoms with van der Waals surface area (Å²) in [6.45, 7) is 1.11. The maximum absolute atomic E-state index is 13.2. The summed E-state index contributed by atoms with van der Waals surface area (Å²) in [5.41, 5.74) is 2.31. The number of rotatable bonds is 5. The van der Waals surface area contributed by atoms with Gasteiger partial charge in [0, 0.05) is 25.2 Å². The topological polar surface area (TPSA) is 66.7 Å². The standard InChI is InChI=1S/C18H18FN3O3/c1-20(11-13-3-2-4-15(19)9-13)12-18(23)21-8-7-14-5-6-16(22(24)25)10-17(14)21/h2-6,9-10H,7-8,11-12H2,1H3. The van der Waals surface area contributed by atoms with E-state index in [1.807, 2.05) is 0 Å². The van der Waals surface area contributed by atoms with E-state index >= 15 is 0 Å². The van der Waals surface area contributed by atoms with Gasteiger partial charge in [-0.2, -0.15) is 0 Å². The molecule has 0 atom stereocenters. The van der Waals surface area contributed by atoms with E-state index < -0.39 is 4.92 Å². The molecule has 0 bridgehead atoms. The number of amides is 1. The van der Waals surface area contributed by atoms with Crippen LogP contribution in [0.4, 0.5) is 15.8 Å². The van der Waals surface area contributed by atoms with Gasteiger partial charge in [-0.25, -0.2) is 4.39 Å². The quantitative estimate of drug-likeness (QED) is 0.618. The zero-order valence-corrected chi connectivity index (χ0v) is 13.8. The van der Waals surface area contributed by atoms with Gasteiger partial charge in [0.05, 0.1) is 17.2 Å². The van der Waals surface area contributed by atoms with E-state index in [0.717, 1.165) is 11.1 Å². The van der Waals surface area contributed by atoms with Crippen LogP contribution in [0.3, 0.4) is 0 Å². The number of carbonyl (C=O) groups excluding carboxylic acids is 1. The summed E-state index contributed by atoms with van der Waals surface area (Å²) in [6.07, 6.45) is 0.687. The van der Waals surface area contributed by atoms with E-state index in [9.17, 15) is 19.3 Å². The minimum Gasteiger partial charge on any atom is -0.310 e. The van der Waals surface area contributed by atoms with Crippen molar-refractivity contribution in [1.82, 2.24) is 4.90 Å². The normalized spacial score (nSPS) is 13.2. The molecule has 0 saturated heterocycles. The molecule has 3 rings (SSSR count). The Hall–Kier alpha value is -2.80. The molecule has 0 aliphatic carbocycles. The molecule has 7 heteroatoms. The fraction of sp³-hybridized carbons (Fsp3) is 0.278. The van der Waals surface area contributed by atoms with Crippen molar-refractivity contribution in [3.05, 3.63) is 69.5 Å². The van der Waals surface area contributed by atoms with Crippen molar-refractivity contribution in [2.75, 3.05) is 25.0 Å². The van der Waals surface area contributed by atoms with Crippen LogP contribution >= 0.6 is 0 Å². The lowest BCUT2D eigenvalue weighted by molar-refractivity contribution is -0.384. The Morgan fingerprint density at radius 1 is 1.32 bits per heavy atom. The average molecular weight is 343 g/mol. The molecule has 1 aliphatic heterocycles. The number of nitro groups is 1. The summed E-state index contributed by atoms with van der Waals surface area (Å²) in [5.74, 6) is -0.434. The predicted octanol–water partition coefficient (Wildman–Crippen LogP) is 2.76. The fourth-order valence-corrected chi connectivity index (χ4v) is 3.06. The summed E-state index contributed by atoms with van der Waals surface area (Å²) < 4.78 is 13.2. The van der Waals surface area contributed by atoms with Gasteiger partial charge in [-0.1, -0.05) is 18.2 Å². The molecule has 0 spiro atoms. The largest absolute Gasteiger partial charge is 0.310 e. The molecule has 2 aromatic rings. The lowest BCUT2D eigenvalue weighted by Gasteiger charge is -2.22. The Labute approximate surface area is 144 Å². The number of benzene rings is 2. The van der Waals surface area contributed by atoms with Gasteiger partial charge in [0.15, 0.2) is 0 Å². The van der Waals surface area contributed by atoms with Gasteiger partial charge in [-0.3, -0.25) is 19.8 Å². The molecular formula is C18H18FN3O3. The van der Waals surface area contributed by atoms with Crippen LogP contribution in [0.25, 0.3) is 0 Å². The Balaban J connectivity index is 1.68. The van der Waals surface area contributed by atoms with Crippen LogP contribution in [0.2, 0.25) is 0 Å². The number of halogens is 1. The second-order valence-corrected chi connectivity index (χ2v) is 6.17. The maximum atomic E-state index is 13.2. The average Bonchev–Trinajstić information content (AvgIpc) is 2.97. The van der Waals surface area contributed by atoms with Gasteiger partial charge in [-0.15, -0.1) is 0 Å². The molecule has 1 amide bonds. The molecular weight excluding hydrogens is 325 g/mol. The van der Waals surface area contributed by atoms with Crippen LogP contribution in [0, 0.1) is 15.9 Å². The highest BCUT2D eigenvalue weighted by Gasteiger charge is 2.27. The number of carbonyl (C=O) groups is 1. The minimum atomic E-state index is -0.461. The van der Waals surface area contributed by atoms with Gasteiger partial charge in [0.1, 0.15) is 5.82 Å². The first-order valence-electron chi connectivity index (χ1n) is 7.95. The van der Waals surface area contributed by atoms with Crippen molar-refractivity contribution in [2.24, 2.45) is 0 Å². The first-order valence-corrected chi connectivity index (χ1v) is 7.95. The van der Waals surface area contributed by atoms with Gasteiger partial charge >= 0.3 is 0 Å². The van der Waals surface area contributed by atoms with Gasteiger partial charge in [0.25, 0.3) is 5.69 Å². The first kappa shape index (κ1) is 17.0. The SMILES string of the molecule is CN(CC(=O)N1CCc2ccc([N+](=O)[O-])cc21)Cc1cccc(F)c1. The Bertz CT molecular complexity index is 825. The van der Waals surface area contributed by atoms with Gasteiger partial charge < -0.3 is 4.90 Å². The first-order chi connectivity index (χ1) is 11.9. The third kappa shape index (κ3) is 3.83. The summed E-state index contributed by atoms with van der Waals surface area (Å²) in [7, 11) is 1.78. The highest BCUT2D eigenvalue weighted by Crippen LogP contribution is 2.31. The Kier molecular flexibility index (Phi) is 4.76. The number of hydrogen-bond donors (Lipinski definition) is 0. The molecule has 2 aromatic carbocycles. The Morgan fingerprint density at radius 2 is 2.12 bits per heavy atom. The lowest BCUT2D eigenvalue weighted by atomic mass is 10.1. The summed E-state index contributed by atoms with van der Waals surface area (Å²) >= 11 is 0. The van der Waals surface area contributed by atoms with Crippen molar-refractivity contribution in [3.63, 3.8) is 0 Å². The van der Waals surface area contributed by atoms with Crippen molar-refractivity contribution >= 4 is 17.3 Å². The molecule has 0 aromatic heterocycles. The van der Waals surface area contributed by atoms with Crippen LogP contribution < -0.4 is 4.90 Å². The number of nitrogens with zero attached hydrogens (tertiary/aromatic N) is 3. The molecule has 130 valence electrons. The van der Waals surface area contributed by atoms with Crippen LogP contribution in [-0.4, -0.2) is 35.9 Å². The second kappa shape index (κ2) is 6.98. The molecule has 0 fully saturated rings. The third-order valence-electron chi connectivity index (χ3n) is 4.22. The second-order valence-electron chi connectivity index (χ2n) is 6.17. The van der Waals surface area contributed by atoms with Crippen molar-refractivity contribution < 1.29 is 14.1 Å². The van der Waals surface area contributed by atoms with E-state index in [1.54, 1.807) is 35.0 Å². The van der Waals surface area contributed by atoms with Crippen molar-refractivity contribution in [2.45, 2.75) is 13.0 Å². The summed E-state index contributed by atoms with van der Waals surface area (Å²) in [4.78, 5) is 26.5. The molecule has 0 saturated carbocycles. The van der Waals surface area contributed by atoms with E-state index in [2.05, 4.69) is 0 Å². The van der Waals surface area contributed by atoms with E-state index in [4.69, 9.17) is 0 Å². The fourth-order valence-electron chi connectivity index (χ4n) is 3.06. The number of nitro benzene ring substituents is 1. The summed E-state index contributed by atoms with van der Waals surface area (Å²) in [6, 6.07) is 10.9. The summed E-state index contributed by atoms with van der Waals surface area (Å²) in [5, 5.41) is 10.9.